The van der Waals surface area contributed by atoms with Crippen molar-refractivity contribution in [2.45, 2.75) is 13.1 Å². The van der Waals surface area contributed by atoms with Gasteiger partial charge in [-0.2, -0.15) is 0 Å². The van der Waals surface area contributed by atoms with Crippen LogP contribution in [0.25, 0.3) is 0 Å². The monoisotopic (exact) mass is 341 g/mol. The van der Waals surface area contributed by atoms with Crippen molar-refractivity contribution in [2.75, 3.05) is 32.8 Å². The van der Waals surface area contributed by atoms with Gasteiger partial charge in [0.05, 0.1) is 0 Å². The molecule has 7 nitrogen and oxygen atoms in total. The number of aromatic nitrogens is 1. The Morgan fingerprint density at radius 3 is 2.48 bits per heavy atom. The molecule has 1 aliphatic rings. The highest BCUT2D eigenvalue weighted by Crippen LogP contribution is 2.32. The number of fused-ring (bicyclic) bond motifs is 1. The van der Waals surface area contributed by atoms with Crippen LogP contribution in [-0.4, -0.2) is 38.9 Å². The molecule has 0 atom stereocenters. The standard InChI is InChI=1S/C18H23N5O2/c1-19-18(22-11-14-5-7-17(20-10-14)23(2)3)21-9-13-4-6-15-16(8-13)25-12-24-15/h4-8,10H,9,11-12H2,1-3H3,(H2,19,21,22). The topological polar surface area (TPSA) is 71.0 Å². The number of aliphatic imine (C=N–C) groups is 1. The van der Waals surface area contributed by atoms with Gasteiger partial charge in [0, 0.05) is 40.4 Å². The summed E-state index contributed by atoms with van der Waals surface area (Å²) in [4.78, 5) is 10.6. The Hall–Kier alpha value is -2.96. The minimum absolute atomic E-state index is 0.288. The second-order valence-corrected chi connectivity index (χ2v) is 5.89. The summed E-state index contributed by atoms with van der Waals surface area (Å²) in [6.45, 7) is 1.59. The van der Waals surface area contributed by atoms with Crippen molar-refractivity contribution in [2.24, 2.45) is 4.99 Å². The van der Waals surface area contributed by atoms with Gasteiger partial charge in [-0.3, -0.25) is 4.99 Å². The van der Waals surface area contributed by atoms with E-state index >= 15 is 0 Å². The smallest absolute Gasteiger partial charge is 0.231 e. The number of rotatable bonds is 5. The second-order valence-electron chi connectivity index (χ2n) is 5.89. The third kappa shape index (κ3) is 4.32. The van der Waals surface area contributed by atoms with Crippen LogP contribution in [0.2, 0.25) is 0 Å². The first-order valence-corrected chi connectivity index (χ1v) is 8.11. The molecule has 2 N–H and O–H groups in total. The number of anilines is 1. The van der Waals surface area contributed by atoms with Crippen LogP contribution in [-0.2, 0) is 13.1 Å². The quantitative estimate of drug-likeness (QED) is 0.638. The summed E-state index contributed by atoms with van der Waals surface area (Å²) in [5.74, 6) is 3.25. The molecule has 1 aliphatic heterocycles. The van der Waals surface area contributed by atoms with E-state index in [-0.39, 0.29) is 6.79 Å². The van der Waals surface area contributed by atoms with Crippen molar-refractivity contribution in [3.8, 4) is 11.5 Å². The average molecular weight is 341 g/mol. The summed E-state index contributed by atoms with van der Waals surface area (Å²) >= 11 is 0. The van der Waals surface area contributed by atoms with Gasteiger partial charge in [0.25, 0.3) is 0 Å². The van der Waals surface area contributed by atoms with E-state index in [1.54, 1.807) is 7.05 Å². The van der Waals surface area contributed by atoms with Crippen molar-refractivity contribution >= 4 is 11.8 Å². The van der Waals surface area contributed by atoms with E-state index in [9.17, 15) is 0 Å². The highest BCUT2D eigenvalue weighted by atomic mass is 16.7. The van der Waals surface area contributed by atoms with E-state index in [1.807, 2.05) is 49.5 Å². The highest BCUT2D eigenvalue weighted by molar-refractivity contribution is 5.79. The number of pyridine rings is 1. The van der Waals surface area contributed by atoms with Crippen LogP contribution in [0.3, 0.4) is 0 Å². The molecule has 0 saturated heterocycles. The van der Waals surface area contributed by atoms with Crippen LogP contribution >= 0.6 is 0 Å². The first-order chi connectivity index (χ1) is 12.2. The first-order valence-electron chi connectivity index (χ1n) is 8.11. The van der Waals surface area contributed by atoms with E-state index in [1.165, 1.54) is 0 Å². The van der Waals surface area contributed by atoms with Gasteiger partial charge in [-0.05, 0) is 29.3 Å². The van der Waals surface area contributed by atoms with Gasteiger partial charge >= 0.3 is 0 Å². The van der Waals surface area contributed by atoms with Crippen LogP contribution in [0, 0.1) is 0 Å². The number of ether oxygens (including phenoxy) is 2. The molecule has 2 aromatic rings. The van der Waals surface area contributed by atoms with Gasteiger partial charge in [-0.1, -0.05) is 12.1 Å². The third-order valence-corrected chi connectivity index (χ3v) is 3.85. The van der Waals surface area contributed by atoms with Gasteiger partial charge in [0.15, 0.2) is 17.5 Å². The third-order valence-electron chi connectivity index (χ3n) is 3.85. The lowest BCUT2D eigenvalue weighted by atomic mass is 10.2. The predicted molar refractivity (Wildman–Crippen MR) is 98.2 cm³/mol. The Morgan fingerprint density at radius 2 is 1.80 bits per heavy atom. The van der Waals surface area contributed by atoms with Crippen LogP contribution in [0.4, 0.5) is 5.82 Å². The van der Waals surface area contributed by atoms with Crippen LogP contribution in [0.1, 0.15) is 11.1 Å². The van der Waals surface area contributed by atoms with Gasteiger partial charge in [0.1, 0.15) is 5.82 Å². The molecule has 3 rings (SSSR count). The SMILES string of the molecule is CN=C(NCc1ccc(N(C)C)nc1)NCc1ccc2c(c1)OCO2. The summed E-state index contributed by atoms with van der Waals surface area (Å²) in [5, 5.41) is 6.58. The van der Waals surface area contributed by atoms with Crippen molar-refractivity contribution in [1.29, 1.82) is 0 Å². The van der Waals surface area contributed by atoms with E-state index in [4.69, 9.17) is 9.47 Å². The van der Waals surface area contributed by atoms with Crippen molar-refractivity contribution in [1.82, 2.24) is 15.6 Å². The van der Waals surface area contributed by atoms with Crippen molar-refractivity contribution in [3.05, 3.63) is 47.7 Å². The van der Waals surface area contributed by atoms with E-state index in [0.717, 1.165) is 34.4 Å². The Balaban J connectivity index is 1.51. The molecule has 1 aromatic carbocycles. The molecule has 0 fully saturated rings. The maximum absolute atomic E-state index is 5.40. The molecule has 0 unspecified atom stereocenters. The molecule has 0 saturated carbocycles. The van der Waals surface area contributed by atoms with Gasteiger partial charge in [-0.15, -0.1) is 0 Å². The second kappa shape index (κ2) is 7.74. The Morgan fingerprint density at radius 1 is 1.08 bits per heavy atom. The molecule has 0 amide bonds. The average Bonchev–Trinajstić information content (AvgIpc) is 3.10. The molecule has 7 heteroatoms. The zero-order valence-electron chi connectivity index (χ0n) is 14.7. The molecule has 1 aromatic heterocycles. The van der Waals surface area contributed by atoms with E-state index < -0.39 is 0 Å². The lowest BCUT2D eigenvalue weighted by molar-refractivity contribution is 0.174. The van der Waals surface area contributed by atoms with Crippen LogP contribution in [0.5, 0.6) is 11.5 Å². The van der Waals surface area contributed by atoms with Gasteiger partial charge in [-0.25, -0.2) is 4.98 Å². The minimum atomic E-state index is 0.288. The Bertz CT molecular complexity index is 744. The molecule has 2 heterocycles. The summed E-state index contributed by atoms with van der Waals surface area (Å²) in [7, 11) is 5.70. The number of nitrogens with zero attached hydrogens (tertiary/aromatic N) is 3. The van der Waals surface area contributed by atoms with Crippen LogP contribution < -0.4 is 25.0 Å². The zero-order chi connectivity index (χ0) is 17.6. The molecule has 0 radical (unpaired) electrons. The maximum Gasteiger partial charge on any atom is 0.231 e. The molecular formula is C18H23N5O2. The summed E-state index contributed by atoms with van der Waals surface area (Å²) < 4.78 is 10.7. The Kier molecular flexibility index (Phi) is 5.23. The van der Waals surface area contributed by atoms with Crippen LogP contribution in [0.15, 0.2) is 41.5 Å². The lowest BCUT2D eigenvalue weighted by Gasteiger charge is -2.14. The molecule has 132 valence electrons. The maximum atomic E-state index is 5.40. The number of benzene rings is 1. The highest BCUT2D eigenvalue weighted by Gasteiger charge is 2.13. The number of hydrogen-bond acceptors (Lipinski definition) is 5. The normalized spacial score (nSPS) is 12.8. The fraction of sp³-hybridized carbons (Fsp3) is 0.333. The van der Waals surface area contributed by atoms with Crippen molar-refractivity contribution < 1.29 is 9.47 Å². The molecule has 0 spiro atoms. The van der Waals surface area contributed by atoms with Gasteiger partial charge in [0.2, 0.25) is 6.79 Å². The number of guanidine groups is 1. The molecule has 0 bridgehead atoms. The lowest BCUT2D eigenvalue weighted by Crippen LogP contribution is -2.36. The number of nitrogens with one attached hydrogen (secondary N) is 2. The molecule has 25 heavy (non-hydrogen) atoms. The van der Waals surface area contributed by atoms with Crippen molar-refractivity contribution in [3.63, 3.8) is 0 Å². The molecular weight excluding hydrogens is 318 g/mol. The Labute approximate surface area is 147 Å². The summed E-state index contributed by atoms with van der Waals surface area (Å²) in [6.07, 6.45) is 1.87. The predicted octanol–water partition coefficient (Wildman–Crippen LogP) is 1.74. The summed E-state index contributed by atoms with van der Waals surface area (Å²) in [6, 6.07) is 9.97. The minimum Gasteiger partial charge on any atom is -0.454 e. The van der Waals surface area contributed by atoms with E-state index in [2.05, 4.69) is 26.7 Å². The molecule has 0 aliphatic carbocycles. The van der Waals surface area contributed by atoms with E-state index in [0.29, 0.717) is 13.1 Å². The zero-order valence-corrected chi connectivity index (χ0v) is 14.7. The summed E-state index contributed by atoms with van der Waals surface area (Å²) in [5.41, 5.74) is 2.20. The fourth-order valence-electron chi connectivity index (χ4n) is 2.43. The largest absolute Gasteiger partial charge is 0.454 e. The van der Waals surface area contributed by atoms with Gasteiger partial charge < -0.3 is 25.0 Å². The first kappa shape index (κ1) is 16.9. The number of hydrogen-bond donors (Lipinski definition) is 2. The fourth-order valence-corrected chi connectivity index (χ4v) is 2.43.